The van der Waals surface area contributed by atoms with Gasteiger partial charge in [-0.3, -0.25) is 14.2 Å². The van der Waals surface area contributed by atoms with Crippen LogP contribution in [0.2, 0.25) is 0 Å². The van der Waals surface area contributed by atoms with Gasteiger partial charge in [-0.1, -0.05) is 0 Å². The maximum atomic E-state index is 12.5. The zero-order valence-corrected chi connectivity index (χ0v) is 13.9. The van der Waals surface area contributed by atoms with Gasteiger partial charge in [-0.25, -0.2) is 9.97 Å². The first-order chi connectivity index (χ1) is 11.5. The second kappa shape index (κ2) is 6.82. The van der Waals surface area contributed by atoms with Crippen molar-refractivity contribution in [1.82, 2.24) is 24.8 Å². The van der Waals surface area contributed by atoms with Crippen LogP contribution >= 0.6 is 0 Å². The van der Waals surface area contributed by atoms with Crippen LogP contribution in [-0.4, -0.2) is 50.4 Å². The summed E-state index contributed by atoms with van der Waals surface area (Å²) in [7, 11) is 0. The monoisotopic (exact) mass is 327 g/mol. The molecular weight excluding hydrogens is 306 g/mol. The van der Waals surface area contributed by atoms with E-state index in [1.165, 1.54) is 0 Å². The Kier molecular flexibility index (Phi) is 4.59. The molecule has 3 heterocycles. The summed E-state index contributed by atoms with van der Waals surface area (Å²) in [5, 5.41) is 3.03. The fourth-order valence-corrected chi connectivity index (χ4v) is 2.89. The molecule has 1 N–H and O–H groups in total. The lowest BCUT2D eigenvalue weighted by Gasteiger charge is -2.31. The van der Waals surface area contributed by atoms with Gasteiger partial charge in [0.1, 0.15) is 17.8 Å². The fraction of sp³-hybridized carbons (Fsp3) is 0.412. The van der Waals surface area contributed by atoms with Crippen LogP contribution in [0.4, 0.5) is 0 Å². The number of pyridine rings is 1. The Labute approximate surface area is 140 Å². The summed E-state index contributed by atoms with van der Waals surface area (Å²) in [5.74, 6) is 0.579. The van der Waals surface area contributed by atoms with Gasteiger partial charge < -0.3 is 10.2 Å². The van der Waals surface area contributed by atoms with Crippen molar-refractivity contribution in [3.05, 3.63) is 42.1 Å². The summed E-state index contributed by atoms with van der Waals surface area (Å²) in [6, 6.07) is 3.76. The van der Waals surface area contributed by atoms with Crippen molar-refractivity contribution in [3.63, 3.8) is 0 Å². The molecule has 0 atom stereocenters. The second-order valence-electron chi connectivity index (χ2n) is 6.11. The van der Waals surface area contributed by atoms with Crippen molar-refractivity contribution >= 4 is 11.8 Å². The normalized spacial score (nSPS) is 15.3. The van der Waals surface area contributed by atoms with Crippen LogP contribution in [0.25, 0.3) is 5.82 Å². The number of aryl methyl sites for hydroxylation is 1. The SMILES string of the molecule is CC(=O)N1CCC(NC(=O)c2cc(C)cc(-n3ccnc3)n2)CC1. The molecule has 0 bridgehead atoms. The number of nitrogens with one attached hydrogen (secondary N) is 1. The van der Waals surface area contributed by atoms with E-state index in [1.54, 1.807) is 36.3 Å². The molecule has 3 rings (SSSR count). The third-order valence-corrected chi connectivity index (χ3v) is 4.23. The Morgan fingerprint density at radius 1 is 1.25 bits per heavy atom. The Hall–Kier alpha value is -2.70. The first kappa shape index (κ1) is 16.2. The molecule has 1 fully saturated rings. The third-order valence-electron chi connectivity index (χ3n) is 4.23. The molecule has 7 heteroatoms. The maximum Gasteiger partial charge on any atom is 0.270 e. The molecule has 1 saturated heterocycles. The summed E-state index contributed by atoms with van der Waals surface area (Å²) < 4.78 is 1.77. The number of hydrogen-bond acceptors (Lipinski definition) is 4. The zero-order valence-electron chi connectivity index (χ0n) is 13.9. The Morgan fingerprint density at radius 2 is 2.00 bits per heavy atom. The van der Waals surface area contributed by atoms with Crippen LogP contribution in [0.3, 0.4) is 0 Å². The van der Waals surface area contributed by atoms with E-state index in [9.17, 15) is 9.59 Å². The van der Waals surface area contributed by atoms with Gasteiger partial charge in [-0.05, 0) is 37.5 Å². The number of carbonyl (C=O) groups excluding carboxylic acids is 2. The molecule has 24 heavy (non-hydrogen) atoms. The molecule has 0 radical (unpaired) electrons. The third kappa shape index (κ3) is 3.61. The maximum absolute atomic E-state index is 12.5. The lowest BCUT2D eigenvalue weighted by Crippen LogP contribution is -2.46. The van der Waals surface area contributed by atoms with Crippen molar-refractivity contribution in [3.8, 4) is 5.82 Å². The summed E-state index contributed by atoms with van der Waals surface area (Å²) in [6.45, 7) is 4.88. The number of hydrogen-bond donors (Lipinski definition) is 1. The van der Waals surface area contributed by atoms with E-state index < -0.39 is 0 Å². The zero-order chi connectivity index (χ0) is 17.1. The minimum absolute atomic E-state index is 0.0760. The van der Waals surface area contributed by atoms with Gasteiger partial charge in [0.2, 0.25) is 5.91 Å². The van der Waals surface area contributed by atoms with E-state index in [0.29, 0.717) is 24.6 Å². The predicted octanol–water partition coefficient (Wildman–Crippen LogP) is 1.32. The van der Waals surface area contributed by atoms with Gasteiger partial charge in [0, 0.05) is 38.4 Å². The molecule has 1 aliphatic rings. The molecule has 2 aromatic rings. The van der Waals surface area contributed by atoms with Gasteiger partial charge in [0.05, 0.1) is 0 Å². The van der Waals surface area contributed by atoms with E-state index in [1.807, 2.05) is 17.9 Å². The first-order valence-electron chi connectivity index (χ1n) is 8.06. The highest BCUT2D eigenvalue weighted by molar-refractivity contribution is 5.92. The quantitative estimate of drug-likeness (QED) is 0.922. The van der Waals surface area contributed by atoms with Gasteiger partial charge in [0.25, 0.3) is 5.91 Å². The summed E-state index contributed by atoms with van der Waals surface area (Å²) >= 11 is 0. The lowest BCUT2D eigenvalue weighted by molar-refractivity contribution is -0.129. The van der Waals surface area contributed by atoms with Crippen LogP contribution in [-0.2, 0) is 4.79 Å². The number of imidazole rings is 1. The topological polar surface area (TPSA) is 80.1 Å². The Morgan fingerprint density at radius 3 is 2.62 bits per heavy atom. The molecule has 0 spiro atoms. The van der Waals surface area contributed by atoms with Crippen molar-refractivity contribution in [2.24, 2.45) is 0 Å². The van der Waals surface area contributed by atoms with Gasteiger partial charge in [0.15, 0.2) is 0 Å². The highest BCUT2D eigenvalue weighted by atomic mass is 16.2. The highest BCUT2D eigenvalue weighted by Gasteiger charge is 2.23. The van der Waals surface area contributed by atoms with Crippen LogP contribution < -0.4 is 5.32 Å². The van der Waals surface area contributed by atoms with Crippen molar-refractivity contribution in [2.45, 2.75) is 32.7 Å². The van der Waals surface area contributed by atoms with E-state index in [-0.39, 0.29) is 17.9 Å². The Bertz CT molecular complexity index is 733. The predicted molar refractivity (Wildman–Crippen MR) is 88.8 cm³/mol. The smallest absolute Gasteiger partial charge is 0.270 e. The molecule has 2 aromatic heterocycles. The van der Waals surface area contributed by atoms with Gasteiger partial charge in [-0.2, -0.15) is 0 Å². The highest BCUT2D eigenvalue weighted by Crippen LogP contribution is 2.13. The minimum Gasteiger partial charge on any atom is -0.348 e. The summed E-state index contributed by atoms with van der Waals surface area (Å²) in [5.41, 5.74) is 1.36. The largest absolute Gasteiger partial charge is 0.348 e. The molecule has 0 unspecified atom stereocenters. The van der Waals surface area contributed by atoms with Crippen LogP contribution in [0.5, 0.6) is 0 Å². The number of rotatable bonds is 3. The van der Waals surface area contributed by atoms with Gasteiger partial charge >= 0.3 is 0 Å². The molecule has 0 aromatic carbocycles. The minimum atomic E-state index is -0.179. The summed E-state index contributed by atoms with van der Waals surface area (Å²) in [6.07, 6.45) is 6.66. The molecule has 7 nitrogen and oxygen atoms in total. The molecule has 126 valence electrons. The molecule has 1 aliphatic heterocycles. The van der Waals surface area contributed by atoms with Crippen molar-refractivity contribution in [1.29, 1.82) is 0 Å². The molecule has 0 saturated carbocycles. The number of amides is 2. The average molecular weight is 327 g/mol. The number of nitrogens with zero attached hydrogens (tertiary/aromatic N) is 4. The average Bonchev–Trinajstić information content (AvgIpc) is 3.09. The number of piperidine rings is 1. The number of aromatic nitrogens is 3. The van der Waals surface area contributed by atoms with Gasteiger partial charge in [-0.15, -0.1) is 0 Å². The van der Waals surface area contributed by atoms with E-state index in [4.69, 9.17) is 0 Å². The van der Waals surface area contributed by atoms with Crippen LogP contribution in [0.15, 0.2) is 30.9 Å². The standard InChI is InChI=1S/C17H21N5O2/c1-12-9-15(20-16(10-12)22-8-5-18-11-22)17(24)19-14-3-6-21(7-4-14)13(2)23/h5,8-11,14H,3-4,6-7H2,1-2H3,(H,19,24). The number of likely N-dealkylation sites (tertiary alicyclic amines) is 1. The lowest BCUT2D eigenvalue weighted by atomic mass is 10.0. The van der Waals surface area contributed by atoms with E-state index >= 15 is 0 Å². The summed E-state index contributed by atoms with van der Waals surface area (Å²) in [4.78, 5) is 34.1. The van der Waals surface area contributed by atoms with Crippen LogP contribution in [0, 0.1) is 6.92 Å². The fourth-order valence-electron chi connectivity index (χ4n) is 2.89. The number of carbonyl (C=O) groups is 2. The van der Waals surface area contributed by atoms with Crippen molar-refractivity contribution in [2.75, 3.05) is 13.1 Å². The van der Waals surface area contributed by atoms with E-state index in [2.05, 4.69) is 15.3 Å². The Balaban J connectivity index is 1.68. The molecule has 2 amide bonds. The van der Waals surface area contributed by atoms with Crippen LogP contribution in [0.1, 0.15) is 35.8 Å². The van der Waals surface area contributed by atoms with E-state index in [0.717, 1.165) is 18.4 Å². The second-order valence-corrected chi connectivity index (χ2v) is 6.11. The first-order valence-corrected chi connectivity index (χ1v) is 8.06. The molecular formula is C17H21N5O2. The van der Waals surface area contributed by atoms with Crippen molar-refractivity contribution < 1.29 is 9.59 Å². The molecule has 0 aliphatic carbocycles.